The van der Waals surface area contributed by atoms with Gasteiger partial charge in [-0.25, -0.2) is 9.59 Å². The molecule has 2 aliphatic carbocycles. The molecule has 0 radical (unpaired) electrons. The topological polar surface area (TPSA) is 52.6 Å². The lowest BCUT2D eigenvalue weighted by Crippen LogP contribution is -2.42. The molecule has 0 saturated carbocycles. The second-order valence-corrected chi connectivity index (χ2v) is 7.19. The van der Waals surface area contributed by atoms with Crippen molar-refractivity contribution in [2.45, 2.75) is 32.8 Å². The smallest absolute Gasteiger partial charge is 0.338 e. The van der Waals surface area contributed by atoms with Gasteiger partial charge in [0, 0.05) is 29.4 Å². The van der Waals surface area contributed by atoms with Crippen LogP contribution in [0.3, 0.4) is 0 Å². The summed E-state index contributed by atoms with van der Waals surface area (Å²) in [5.74, 6) is 0.211. The monoisotopic (exact) mass is 336 g/mol. The van der Waals surface area contributed by atoms with E-state index in [0.717, 1.165) is 17.6 Å². The number of carbonyl (C=O) groups is 2. The van der Waals surface area contributed by atoms with Crippen molar-refractivity contribution < 1.29 is 19.1 Å². The summed E-state index contributed by atoms with van der Waals surface area (Å²) in [7, 11) is 0. The van der Waals surface area contributed by atoms with Crippen LogP contribution >= 0.6 is 0 Å². The molecule has 4 nitrogen and oxygen atoms in total. The Morgan fingerprint density at radius 2 is 2.00 bits per heavy atom. The summed E-state index contributed by atoms with van der Waals surface area (Å²) in [6.07, 6.45) is 6.85. The first-order valence-corrected chi connectivity index (χ1v) is 8.58. The molecule has 128 valence electrons. The number of fused-ring (bicyclic) bond motifs is 2. The summed E-state index contributed by atoms with van der Waals surface area (Å²) in [5, 5.41) is 0. The van der Waals surface area contributed by atoms with E-state index >= 15 is 0 Å². The Morgan fingerprint density at radius 1 is 1.24 bits per heavy atom. The molecule has 0 saturated heterocycles. The van der Waals surface area contributed by atoms with E-state index in [0.29, 0.717) is 17.7 Å². The molecule has 1 aromatic carbocycles. The maximum absolute atomic E-state index is 12.4. The molecule has 0 amide bonds. The highest BCUT2D eigenvalue weighted by molar-refractivity contribution is 5.90. The van der Waals surface area contributed by atoms with Gasteiger partial charge in [-0.2, -0.15) is 0 Å². The van der Waals surface area contributed by atoms with Crippen molar-refractivity contribution in [1.29, 1.82) is 0 Å². The highest BCUT2D eigenvalue weighted by Crippen LogP contribution is 2.52. The fourth-order valence-corrected chi connectivity index (χ4v) is 3.98. The molecule has 3 unspecified atom stereocenters. The predicted octanol–water partition coefficient (Wildman–Crippen LogP) is 3.96. The summed E-state index contributed by atoms with van der Waals surface area (Å²) in [4.78, 5) is 24.0. The third-order valence-electron chi connectivity index (χ3n) is 5.72. The third-order valence-corrected chi connectivity index (χ3v) is 5.72. The first kappa shape index (κ1) is 15.9. The van der Waals surface area contributed by atoms with Crippen LogP contribution in [0.5, 0.6) is 0 Å². The number of rotatable bonds is 2. The van der Waals surface area contributed by atoms with Gasteiger partial charge in [-0.1, -0.05) is 38.1 Å². The molecule has 4 heteroatoms. The Morgan fingerprint density at radius 3 is 2.76 bits per heavy atom. The van der Waals surface area contributed by atoms with Gasteiger partial charge in [0.15, 0.2) is 0 Å². The van der Waals surface area contributed by atoms with E-state index in [9.17, 15) is 9.59 Å². The van der Waals surface area contributed by atoms with Crippen molar-refractivity contribution in [3.05, 3.63) is 71.0 Å². The maximum Gasteiger partial charge on any atom is 0.338 e. The van der Waals surface area contributed by atoms with Crippen LogP contribution in [0.2, 0.25) is 0 Å². The summed E-state index contributed by atoms with van der Waals surface area (Å²) < 4.78 is 11.1. The first-order chi connectivity index (χ1) is 12.0. The highest BCUT2D eigenvalue weighted by atomic mass is 16.5. The fourth-order valence-electron chi connectivity index (χ4n) is 3.98. The zero-order valence-corrected chi connectivity index (χ0v) is 14.3. The zero-order valence-electron chi connectivity index (χ0n) is 14.3. The quantitative estimate of drug-likeness (QED) is 0.767. The molecule has 1 aliphatic heterocycles. The van der Waals surface area contributed by atoms with Crippen molar-refractivity contribution in [1.82, 2.24) is 0 Å². The minimum Gasteiger partial charge on any atom is -0.458 e. The van der Waals surface area contributed by atoms with E-state index in [4.69, 9.17) is 9.47 Å². The molecular formula is C21H20O4. The number of benzene rings is 1. The van der Waals surface area contributed by atoms with Crippen molar-refractivity contribution in [2.24, 2.45) is 11.3 Å². The lowest BCUT2D eigenvalue weighted by molar-refractivity contribution is -0.132. The van der Waals surface area contributed by atoms with Crippen LogP contribution in [-0.2, 0) is 14.3 Å². The summed E-state index contributed by atoms with van der Waals surface area (Å²) in [6, 6.07) is 9.07. The Balaban J connectivity index is 1.59. The largest absolute Gasteiger partial charge is 0.458 e. The van der Waals surface area contributed by atoms with Gasteiger partial charge in [-0.15, -0.1) is 0 Å². The molecule has 1 heterocycles. The van der Waals surface area contributed by atoms with Crippen LogP contribution in [0.4, 0.5) is 0 Å². The van der Waals surface area contributed by atoms with Crippen molar-refractivity contribution in [3.8, 4) is 0 Å². The molecule has 0 N–H and O–H groups in total. The molecule has 0 bridgehead atoms. The van der Waals surface area contributed by atoms with E-state index in [1.54, 1.807) is 18.2 Å². The maximum atomic E-state index is 12.4. The number of ether oxygens (including phenoxy) is 2. The molecule has 0 spiro atoms. The van der Waals surface area contributed by atoms with E-state index < -0.39 is 0 Å². The van der Waals surface area contributed by atoms with Gasteiger partial charge in [0.1, 0.15) is 11.9 Å². The normalized spacial score (nSPS) is 30.3. The predicted molar refractivity (Wildman–Crippen MR) is 92.5 cm³/mol. The van der Waals surface area contributed by atoms with Crippen LogP contribution in [0.1, 0.15) is 37.0 Å². The Bertz CT molecular complexity index is 831. The van der Waals surface area contributed by atoms with Crippen LogP contribution in [-0.4, -0.2) is 18.0 Å². The lowest BCUT2D eigenvalue weighted by atomic mass is 9.60. The van der Waals surface area contributed by atoms with Crippen molar-refractivity contribution in [2.75, 3.05) is 0 Å². The Labute approximate surface area is 146 Å². The standard InChI is InChI=1S/C21H20O4/c1-13-17(25-20(23)14-6-4-3-5-7-14)9-8-16-11-18-15(10-19(22)24-18)12-21(13,16)2/h3-8,10-11,13,17H,9,12H2,1-2H3. The minimum absolute atomic E-state index is 0.134. The second kappa shape index (κ2) is 5.73. The molecule has 25 heavy (non-hydrogen) atoms. The average Bonchev–Trinajstić information content (AvgIpc) is 2.95. The van der Waals surface area contributed by atoms with Gasteiger partial charge in [0.25, 0.3) is 0 Å². The van der Waals surface area contributed by atoms with Crippen molar-refractivity contribution >= 4 is 11.9 Å². The van der Waals surface area contributed by atoms with E-state index in [2.05, 4.69) is 19.9 Å². The summed E-state index contributed by atoms with van der Waals surface area (Å²) in [6.45, 7) is 4.29. The van der Waals surface area contributed by atoms with Crippen LogP contribution < -0.4 is 0 Å². The molecule has 3 aliphatic rings. The van der Waals surface area contributed by atoms with Crippen LogP contribution in [0.25, 0.3) is 0 Å². The molecule has 3 atom stereocenters. The van der Waals surface area contributed by atoms with Gasteiger partial charge in [0.05, 0.1) is 5.56 Å². The number of carbonyl (C=O) groups excluding carboxylic acids is 2. The van der Waals surface area contributed by atoms with Gasteiger partial charge < -0.3 is 9.47 Å². The van der Waals surface area contributed by atoms with Crippen LogP contribution in [0.15, 0.2) is 65.5 Å². The molecule has 1 aromatic rings. The van der Waals surface area contributed by atoms with E-state index in [-0.39, 0.29) is 29.4 Å². The Kier molecular flexibility index (Phi) is 3.64. The SMILES string of the molecule is CC1C(OC(=O)c2ccccc2)CC=C2C=C3OC(=O)C=C3CC21C. The summed E-state index contributed by atoms with van der Waals surface area (Å²) in [5.41, 5.74) is 2.49. The molecular weight excluding hydrogens is 316 g/mol. The average molecular weight is 336 g/mol. The number of allylic oxidation sites excluding steroid dienone is 3. The van der Waals surface area contributed by atoms with Gasteiger partial charge in [0.2, 0.25) is 0 Å². The lowest BCUT2D eigenvalue weighted by Gasteiger charge is -2.46. The number of hydrogen-bond acceptors (Lipinski definition) is 4. The fraction of sp³-hybridized carbons (Fsp3) is 0.333. The third kappa shape index (κ3) is 2.62. The van der Waals surface area contributed by atoms with Crippen molar-refractivity contribution in [3.63, 3.8) is 0 Å². The van der Waals surface area contributed by atoms with Crippen LogP contribution in [0, 0.1) is 11.3 Å². The van der Waals surface area contributed by atoms with Gasteiger partial charge in [-0.3, -0.25) is 0 Å². The number of hydrogen-bond donors (Lipinski definition) is 0. The number of esters is 2. The van der Waals surface area contributed by atoms with Gasteiger partial charge >= 0.3 is 11.9 Å². The van der Waals surface area contributed by atoms with Gasteiger partial charge in [-0.05, 0) is 30.2 Å². The molecule has 0 aromatic heterocycles. The minimum atomic E-state index is -0.302. The zero-order chi connectivity index (χ0) is 17.6. The van der Waals surface area contributed by atoms with E-state index in [1.165, 1.54) is 0 Å². The molecule has 4 rings (SSSR count). The van der Waals surface area contributed by atoms with E-state index in [1.807, 2.05) is 24.3 Å². The first-order valence-electron chi connectivity index (χ1n) is 8.58. The second-order valence-electron chi connectivity index (χ2n) is 7.19. The Hall–Kier alpha value is -2.62. The summed E-state index contributed by atoms with van der Waals surface area (Å²) >= 11 is 0. The highest BCUT2D eigenvalue weighted by Gasteiger charge is 2.47. The molecule has 0 fully saturated rings.